The fraction of sp³-hybridized carbons (Fsp3) is 0.615. The minimum Gasteiger partial charge on any atom is -0.397 e. The van der Waals surface area contributed by atoms with E-state index in [1.54, 1.807) is 12.3 Å². The summed E-state index contributed by atoms with van der Waals surface area (Å²) in [5.74, 6) is -0.209. The number of aromatic nitrogens is 1. The second-order valence-corrected chi connectivity index (χ2v) is 5.19. The molecule has 0 aliphatic carbocycles. The number of aliphatic hydroxyl groups is 1. The standard InChI is InChI=1S/C13H23N3O2/c1-5-13(4,8-17)15-12(18)11-6-10(14)7-16(11)9(2)3/h6-7,9,17H,5,8,14H2,1-4H3,(H,15,18). The summed E-state index contributed by atoms with van der Waals surface area (Å²) >= 11 is 0. The SMILES string of the molecule is CCC(C)(CO)NC(=O)c1cc(N)cn1C(C)C. The van der Waals surface area contributed by atoms with Gasteiger partial charge in [0, 0.05) is 12.2 Å². The smallest absolute Gasteiger partial charge is 0.268 e. The van der Waals surface area contributed by atoms with Crippen molar-refractivity contribution in [1.29, 1.82) is 0 Å². The van der Waals surface area contributed by atoms with E-state index in [2.05, 4.69) is 5.32 Å². The van der Waals surface area contributed by atoms with Crippen LogP contribution in [0.25, 0.3) is 0 Å². The van der Waals surface area contributed by atoms with Crippen LogP contribution in [0.1, 0.15) is 50.6 Å². The number of anilines is 1. The molecule has 0 saturated heterocycles. The molecule has 0 radical (unpaired) electrons. The van der Waals surface area contributed by atoms with Crippen molar-refractivity contribution in [3.8, 4) is 0 Å². The van der Waals surface area contributed by atoms with Crippen molar-refractivity contribution < 1.29 is 9.90 Å². The Labute approximate surface area is 108 Å². The molecule has 0 bridgehead atoms. The second kappa shape index (κ2) is 5.44. The molecule has 18 heavy (non-hydrogen) atoms. The molecule has 0 aromatic carbocycles. The third-order valence-electron chi connectivity index (χ3n) is 3.20. The average molecular weight is 253 g/mol. The number of nitrogen functional groups attached to an aromatic ring is 1. The van der Waals surface area contributed by atoms with Crippen molar-refractivity contribution in [3.63, 3.8) is 0 Å². The van der Waals surface area contributed by atoms with E-state index in [4.69, 9.17) is 5.73 Å². The number of nitrogens with one attached hydrogen (secondary N) is 1. The first-order valence-corrected chi connectivity index (χ1v) is 6.23. The zero-order chi connectivity index (χ0) is 13.9. The van der Waals surface area contributed by atoms with Crippen LogP contribution in [-0.2, 0) is 0 Å². The number of nitrogens with two attached hydrogens (primary N) is 1. The minimum absolute atomic E-state index is 0.0902. The van der Waals surface area contributed by atoms with Crippen molar-refractivity contribution in [2.75, 3.05) is 12.3 Å². The Balaban J connectivity index is 2.97. The minimum atomic E-state index is -0.599. The van der Waals surface area contributed by atoms with Crippen molar-refractivity contribution in [2.45, 2.75) is 45.7 Å². The summed E-state index contributed by atoms with van der Waals surface area (Å²) < 4.78 is 1.83. The van der Waals surface area contributed by atoms with Crippen LogP contribution in [0, 0.1) is 0 Å². The first kappa shape index (κ1) is 14.6. The molecule has 0 saturated carbocycles. The van der Waals surface area contributed by atoms with E-state index in [9.17, 15) is 9.90 Å². The molecule has 1 atom stereocenters. The number of hydrogen-bond donors (Lipinski definition) is 3. The van der Waals surface area contributed by atoms with Crippen LogP contribution in [0.4, 0.5) is 5.69 Å². The fourth-order valence-corrected chi connectivity index (χ4v) is 1.69. The molecule has 0 aliphatic rings. The molecule has 1 aromatic rings. The number of hydrogen-bond acceptors (Lipinski definition) is 3. The molecule has 5 nitrogen and oxygen atoms in total. The molecule has 1 aromatic heterocycles. The summed E-state index contributed by atoms with van der Waals surface area (Å²) in [7, 11) is 0. The maximum Gasteiger partial charge on any atom is 0.268 e. The van der Waals surface area contributed by atoms with Crippen LogP contribution >= 0.6 is 0 Å². The van der Waals surface area contributed by atoms with E-state index in [1.807, 2.05) is 32.3 Å². The van der Waals surface area contributed by atoms with Gasteiger partial charge in [-0.1, -0.05) is 6.92 Å². The Morgan fingerprint density at radius 2 is 2.22 bits per heavy atom. The van der Waals surface area contributed by atoms with Gasteiger partial charge in [0.1, 0.15) is 5.69 Å². The Kier molecular flexibility index (Phi) is 4.40. The lowest BCUT2D eigenvalue weighted by Crippen LogP contribution is -2.48. The van der Waals surface area contributed by atoms with Gasteiger partial charge in [0.15, 0.2) is 0 Å². The highest BCUT2D eigenvalue weighted by Crippen LogP contribution is 2.18. The highest BCUT2D eigenvalue weighted by Gasteiger charge is 2.25. The number of nitrogens with zero attached hydrogens (tertiary/aromatic N) is 1. The molecular formula is C13H23N3O2. The molecule has 1 amide bonds. The molecule has 5 heteroatoms. The molecule has 1 unspecified atom stereocenters. The third-order valence-corrected chi connectivity index (χ3v) is 3.20. The van der Waals surface area contributed by atoms with Crippen molar-refractivity contribution in [1.82, 2.24) is 9.88 Å². The lowest BCUT2D eigenvalue weighted by Gasteiger charge is -2.27. The van der Waals surface area contributed by atoms with E-state index in [0.717, 1.165) is 0 Å². The lowest BCUT2D eigenvalue weighted by atomic mass is 10.00. The van der Waals surface area contributed by atoms with E-state index in [1.165, 1.54) is 0 Å². The highest BCUT2D eigenvalue weighted by atomic mass is 16.3. The molecule has 0 spiro atoms. The molecule has 0 fully saturated rings. The number of aliphatic hydroxyl groups excluding tert-OH is 1. The summed E-state index contributed by atoms with van der Waals surface area (Å²) in [6.45, 7) is 7.62. The Bertz CT molecular complexity index is 420. The van der Waals surface area contributed by atoms with Gasteiger partial charge in [0.25, 0.3) is 5.91 Å². The zero-order valence-corrected chi connectivity index (χ0v) is 11.5. The largest absolute Gasteiger partial charge is 0.397 e. The molecule has 0 aliphatic heterocycles. The average Bonchev–Trinajstić information content (AvgIpc) is 2.71. The van der Waals surface area contributed by atoms with Crippen LogP contribution < -0.4 is 11.1 Å². The molecule has 102 valence electrons. The molecule has 4 N–H and O–H groups in total. The van der Waals surface area contributed by atoms with Crippen molar-refractivity contribution in [3.05, 3.63) is 18.0 Å². The van der Waals surface area contributed by atoms with Gasteiger partial charge >= 0.3 is 0 Å². The van der Waals surface area contributed by atoms with Gasteiger partial charge < -0.3 is 20.7 Å². The van der Waals surface area contributed by atoms with Gasteiger partial charge in [-0.3, -0.25) is 4.79 Å². The fourth-order valence-electron chi connectivity index (χ4n) is 1.69. The second-order valence-electron chi connectivity index (χ2n) is 5.19. The van der Waals surface area contributed by atoms with Crippen molar-refractivity contribution >= 4 is 11.6 Å². The predicted molar refractivity (Wildman–Crippen MR) is 72.5 cm³/mol. The lowest BCUT2D eigenvalue weighted by molar-refractivity contribution is 0.0836. The first-order valence-electron chi connectivity index (χ1n) is 6.23. The van der Waals surface area contributed by atoms with Crippen LogP contribution in [0.2, 0.25) is 0 Å². The summed E-state index contributed by atoms with van der Waals surface area (Å²) in [6, 6.07) is 1.81. The van der Waals surface area contributed by atoms with Gasteiger partial charge in [-0.25, -0.2) is 0 Å². The number of carbonyl (C=O) groups is 1. The van der Waals surface area contributed by atoms with Gasteiger partial charge in [-0.05, 0) is 33.3 Å². The highest BCUT2D eigenvalue weighted by molar-refractivity contribution is 5.94. The van der Waals surface area contributed by atoms with Gasteiger partial charge in [-0.15, -0.1) is 0 Å². The monoisotopic (exact) mass is 253 g/mol. The van der Waals surface area contributed by atoms with Crippen LogP contribution in [-0.4, -0.2) is 27.7 Å². The van der Waals surface area contributed by atoms with Crippen LogP contribution in [0.3, 0.4) is 0 Å². The topological polar surface area (TPSA) is 80.3 Å². The number of carbonyl (C=O) groups excluding carboxylic acids is 1. The van der Waals surface area contributed by atoms with E-state index in [0.29, 0.717) is 17.8 Å². The summed E-state index contributed by atoms with van der Waals surface area (Å²) in [5.41, 5.74) is 6.22. The Morgan fingerprint density at radius 1 is 1.61 bits per heavy atom. The number of rotatable bonds is 5. The molecular weight excluding hydrogens is 230 g/mol. The van der Waals surface area contributed by atoms with E-state index >= 15 is 0 Å². The van der Waals surface area contributed by atoms with E-state index in [-0.39, 0.29) is 18.6 Å². The first-order chi connectivity index (χ1) is 8.33. The van der Waals surface area contributed by atoms with Gasteiger partial charge in [0.05, 0.1) is 17.8 Å². The summed E-state index contributed by atoms with van der Waals surface area (Å²) in [4.78, 5) is 12.2. The Morgan fingerprint density at radius 3 is 2.67 bits per heavy atom. The molecule has 1 rings (SSSR count). The normalized spacial score (nSPS) is 14.6. The zero-order valence-electron chi connectivity index (χ0n) is 11.5. The summed E-state index contributed by atoms with van der Waals surface area (Å²) in [6.07, 6.45) is 2.41. The van der Waals surface area contributed by atoms with E-state index < -0.39 is 5.54 Å². The maximum atomic E-state index is 12.2. The van der Waals surface area contributed by atoms with Crippen LogP contribution in [0.5, 0.6) is 0 Å². The third kappa shape index (κ3) is 3.04. The quantitative estimate of drug-likeness (QED) is 0.744. The van der Waals surface area contributed by atoms with Gasteiger partial charge in [-0.2, -0.15) is 0 Å². The number of amides is 1. The Hall–Kier alpha value is -1.49. The predicted octanol–water partition coefficient (Wildman–Crippen LogP) is 1.54. The van der Waals surface area contributed by atoms with Gasteiger partial charge in [0.2, 0.25) is 0 Å². The van der Waals surface area contributed by atoms with Crippen LogP contribution in [0.15, 0.2) is 12.3 Å². The maximum absolute atomic E-state index is 12.2. The van der Waals surface area contributed by atoms with Crippen molar-refractivity contribution in [2.24, 2.45) is 0 Å². The molecule has 1 heterocycles. The summed E-state index contributed by atoms with van der Waals surface area (Å²) in [5, 5.41) is 12.2.